The van der Waals surface area contributed by atoms with Gasteiger partial charge in [0.25, 0.3) is 0 Å². The molecule has 0 aromatic heterocycles. The van der Waals surface area contributed by atoms with Gasteiger partial charge in [-0.05, 0) is 50.9 Å². The summed E-state index contributed by atoms with van der Waals surface area (Å²) in [6.07, 6.45) is 13.2. The Balaban J connectivity index is 1.61. The van der Waals surface area contributed by atoms with Crippen LogP contribution in [0.5, 0.6) is 0 Å². The van der Waals surface area contributed by atoms with Crippen LogP contribution in [-0.4, -0.2) is 49.0 Å². The van der Waals surface area contributed by atoms with Crippen LogP contribution in [0.1, 0.15) is 71.1 Å². The second-order valence-electron chi connectivity index (χ2n) is 7.95. The molecule has 3 aliphatic rings. The molecule has 0 radical (unpaired) electrons. The first-order valence-electron chi connectivity index (χ1n) is 10.0. The van der Waals surface area contributed by atoms with Gasteiger partial charge in [-0.25, -0.2) is 4.99 Å². The van der Waals surface area contributed by atoms with E-state index in [-0.39, 0.29) is 12.5 Å². The van der Waals surface area contributed by atoms with Crippen LogP contribution in [0.25, 0.3) is 0 Å². The van der Waals surface area contributed by atoms with Crippen LogP contribution in [0, 0.1) is 5.41 Å². The summed E-state index contributed by atoms with van der Waals surface area (Å²) in [5.74, 6) is 1.00. The quantitative estimate of drug-likeness (QED) is 0.614. The van der Waals surface area contributed by atoms with E-state index in [1.807, 2.05) is 0 Å². The number of amides is 1. The molecule has 0 aromatic carbocycles. The fourth-order valence-electron chi connectivity index (χ4n) is 4.35. The number of likely N-dealkylation sites (tertiary alicyclic amines) is 1. The first kappa shape index (κ1) is 17.6. The SMILES string of the molecule is CCNC(=NCC(=O)NC1CC1)N1CCCC2(CCCCCC2)C1. The summed E-state index contributed by atoms with van der Waals surface area (Å²) in [4.78, 5) is 19.0. The fraction of sp³-hybridized carbons (Fsp3) is 0.895. The average molecular weight is 335 g/mol. The molecule has 0 aromatic rings. The third kappa shape index (κ3) is 4.87. The molecule has 3 rings (SSSR count). The zero-order valence-corrected chi connectivity index (χ0v) is 15.3. The van der Waals surface area contributed by atoms with Crippen LogP contribution in [0.2, 0.25) is 0 Å². The lowest BCUT2D eigenvalue weighted by Gasteiger charge is -2.44. The summed E-state index contributed by atoms with van der Waals surface area (Å²) < 4.78 is 0. The summed E-state index contributed by atoms with van der Waals surface area (Å²) in [6, 6.07) is 0.416. The van der Waals surface area contributed by atoms with E-state index in [0.29, 0.717) is 11.5 Å². The minimum absolute atomic E-state index is 0.0640. The molecule has 136 valence electrons. The van der Waals surface area contributed by atoms with Crippen LogP contribution < -0.4 is 10.6 Å². The predicted molar refractivity (Wildman–Crippen MR) is 98.1 cm³/mol. The van der Waals surface area contributed by atoms with E-state index in [2.05, 4.69) is 27.4 Å². The van der Waals surface area contributed by atoms with Crippen LogP contribution in [0.3, 0.4) is 0 Å². The van der Waals surface area contributed by atoms with Gasteiger partial charge in [0, 0.05) is 25.7 Å². The van der Waals surface area contributed by atoms with Crippen molar-refractivity contribution in [2.24, 2.45) is 10.4 Å². The van der Waals surface area contributed by atoms with Gasteiger partial charge in [0.05, 0.1) is 0 Å². The number of hydrogen-bond donors (Lipinski definition) is 2. The van der Waals surface area contributed by atoms with Crippen molar-refractivity contribution >= 4 is 11.9 Å². The number of carbonyl (C=O) groups excluding carboxylic acids is 1. The first-order chi connectivity index (χ1) is 11.7. The number of guanidine groups is 1. The largest absolute Gasteiger partial charge is 0.357 e. The maximum absolute atomic E-state index is 12.0. The Morgan fingerprint density at radius 1 is 1.12 bits per heavy atom. The highest BCUT2D eigenvalue weighted by Gasteiger charge is 2.36. The number of aliphatic imine (C=N–C) groups is 1. The smallest absolute Gasteiger partial charge is 0.242 e. The van der Waals surface area contributed by atoms with Gasteiger partial charge in [-0.2, -0.15) is 0 Å². The molecular weight excluding hydrogens is 300 g/mol. The van der Waals surface area contributed by atoms with Crippen molar-refractivity contribution in [1.29, 1.82) is 0 Å². The van der Waals surface area contributed by atoms with E-state index in [1.165, 1.54) is 51.4 Å². The molecular formula is C19H34N4O. The summed E-state index contributed by atoms with van der Waals surface area (Å²) >= 11 is 0. The molecule has 0 atom stereocenters. The molecule has 2 aliphatic carbocycles. The van der Waals surface area contributed by atoms with E-state index >= 15 is 0 Å². The normalized spacial score (nSPS) is 24.5. The number of rotatable bonds is 4. The van der Waals surface area contributed by atoms with E-state index in [4.69, 9.17) is 0 Å². The molecule has 1 amide bonds. The Kier molecular flexibility index (Phi) is 6.01. The van der Waals surface area contributed by atoms with Crippen molar-refractivity contribution in [1.82, 2.24) is 15.5 Å². The molecule has 5 nitrogen and oxygen atoms in total. The molecule has 1 spiro atoms. The summed E-state index contributed by atoms with van der Waals surface area (Å²) in [5, 5.41) is 6.44. The van der Waals surface area contributed by atoms with Crippen molar-refractivity contribution in [3.63, 3.8) is 0 Å². The van der Waals surface area contributed by atoms with Crippen LogP contribution in [0.15, 0.2) is 4.99 Å². The monoisotopic (exact) mass is 334 g/mol. The van der Waals surface area contributed by atoms with Gasteiger partial charge < -0.3 is 15.5 Å². The second-order valence-corrected chi connectivity index (χ2v) is 7.95. The van der Waals surface area contributed by atoms with Crippen molar-refractivity contribution in [3.8, 4) is 0 Å². The third-order valence-corrected chi connectivity index (χ3v) is 5.77. The molecule has 0 unspecified atom stereocenters. The highest BCUT2D eigenvalue weighted by molar-refractivity contribution is 5.85. The molecule has 1 saturated heterocycles. The lowest BCUT2D eigenvalue weighted by Crippen LogP contribution is -2.50. The van der Waals surface area contributed by atoms with E-state index in [9.17, 15) is 4.79 Å². The van der Waals surface area contributed by atoms with Gasteiger partial charge in [-0.1, -0.05) is 25.7 Å². The standard InChI is InChI=1S/C19H34N4O/c1-2-20-18(21-14-17(24)22-16-8-9-16)23-13-7-12-19(15-23)10-5-3-4-6-11-19/h16H,2-15H2,1H3,(H,20,21)(H,22,24). The van der Waals surface area contributed by atoms with Crippen molar-refractivity contribution < 1.29 is 4.79 Å². The maximum atomic E-state index is 12.0. The summed E-state index contributed by atoms with van der Waals surface area (Å²) in [5.41, 5.74) is 0.487. The zero-order chi connectivity index (χ0) is 16.8. The topological polar surface area (TPSA) is 56.7 Å². The summed E-state index contributed by atoms with van der Waals surface area (Å²) in [7, 11) is 0. The predicted octanol–water partition coefficient (Wildman–Crippen LogP) is 2.67. The molecule has 2 saturated carbocycles. The van der Waals surface area contributed by atoms with Gasteiger partial charge in [-0.3, -0.25) is 4.79 Å². The number of nitrogens with zero attached hydrogens (tertiary/aromatic N) is 2. The number of piperidine rings is 1. The van der Waals surface area contributed by atoms with Crippen LogP contribution >= 0.6 is 0 Å². The van der Waals surface area contributed by atoms with Gasteiger partial charge >= 0.3 is 0 Å². The Morgan fingerprint density at radius 3 is 2.50 bits per heavy atom. The third-order valence-electron chi connectivity index (χ3n) is 5.77. The average Bonchev–Trinajstić information content (AvgIpc) is 3.40. The molecule has 5 heteroatoms. The Hall–Kier alpha value is -1.26. The highest BCUT2D eigenvalue weighted by atomic mass is 16.2. The van der Waals surface area contributed by atoms with E-state index in [1.54, 1.807) is 0 Å². The number of nitrogens with one attached hydrogen (secondary N) is 2. The molecule has 1 heterocycles. The maximum Gasteiger partial charge on any atom is 0.242 e. The fourth-order valence-corrected chi connectivity index (χ4v) is 4.35. The molecule has 2 N–H and O–H groups in total. The number of hydrogen-bond acceptors (Lipinski definition) is 2. The molecule has 24 heavy (non-hydrogen) atoms. The second kappa shape index (κ2) is 8.21. The van der Waals surface area contributed by atoms with E-state index in [0.717, 1.165) is 38.4 Å². The highest BCUT2D eigenvalue weighted by Crippen LogP contribution is 2.42. The van der Waals surface area contributed by atoms with Crippen molar-refractivity contribution in [2.45, 2.75) is 77.2 Å². The lowest BCUT2D eigenvalue weighted by atomic mass is 9.74. The minimum atomic E-state index is 0.0640. The molecule has 0 bridgehead atoms. The van der Waals surface area contributed by atoms with Gasteiger partial charge in [0.15, 0.2) is 5.96 Å². The Bertz CT molecular complexity index is 450. The zero-order valence-electron chi connectivity index (χ0n) is 15.3. The summed E-state index contributed by atoms with van der Waals surface area (Å²) in [6.45, 7) is 5.39. The Labute approximate surface area is 146 Å². The van der Waals surface area contributed by atoms with Crippen molar-refractivity contribution in [3.05, 3.63) is 0 Å². The van der Waals surface area contributed by atoms with E-state index < -0.39 is 0 Å². The molecule has 3 fully saturated rings. The molecule has 1 aliphatic heterocycles. The van der Waals surface area contributed by atoms with Crippen molar-refractivity contribution in [2.75, 3.05) is 26.2 Å². The van der Waals surface area contributed by atoms with Gasteiger partial charge in [-0.15, -0.1) is 0 Å². The Morgan fingerprint density at radius 2 is 1.83 bits per heavy atom. The van der Waals surface area contributed by atoms with Gasteiger partial charge in [0.1, 0.15) is 6.54 Å². The van der Waals surface area contributed by atoms with Crippen LogP contribution in [-0.2, 0) is 4.79 Å². The number of carbonyl (C=O) groups is 1. The lowest BCUT2D eigenvalue weighted by molar-refractivity contribution is -0.119. The van der Waals surface area contributed by atoms with Gasteiger partial charge in [0.2, 0.25) is 5.91 Å². The van der Waals surface area contributed by atoms with Crippen LogP contribution in [0.4, 0.5) is 0 Å². The minimum Gasteiger partial charge on any atom is -0.357 e. The first-order valence-corrected chi connectivity index (χ1v) is 10.0.